The Bertz CT molecular complexity index is 1400. The van der Waals surface area contributed by atoms with Gasteiger partial charge in [0.1, 0.15) is 12.6 Å². The van der Waals surface area contributed by atoms with Crippen LogP contribution in [0.2, 0.25) is 10.0 Å². The molecule has 0 radical (unpaired) electrons. The SMILES string of the molecule is CC(C)CNC(=O)[C@H](Cc1ccccc1)N(Cc1c(Cl)cccc1Cl)C(=O)CN(c1ccc(I)cc1)S(C)(=O)=O. The number of nitrogens with zero attached hydrogens (tertiary/aromatic N) is 2. The second-order valence-electron chi connectivity index (χ2n) is 9.81. The zero-order chi connectivity index (χ0) is 29.4. The highest BCUT2D eigenvalue weighted by atomic mass is 127. The standard InChI is InChI=1S/C29H32Cl2IN3O4S/c1-20(2)17-33-29(37)27(16-21-8-5-4-6-9-21)34(18-24-25(30)10-7-11-26(24)31)28(36)19-35(40(3,38)39)23-14-12-22(32)13-15-23/h4-15,20,27H,16-19H2,1-3H3,(H,33,37)/t27-/m0/s1. The first-order valence-electron chi connectivity index (χ1n) is 12.6. The third kappa shape index (κ3) is 9.09. The zero-order valence-corrected chi connectivity index (χ0v) is 27.0. The van der Waals surface area contributed by atoms with Gasteiger partial charge in [0.2, 0.25) is 21.8 Å². The molecule has 0 unspecified atom stereocenters. The molecule has 0 aromatic heterocycles. The minimum atomic E-state index is -3.84. The molecule has 0 fully saturated rings. The van der Waals surface area contributed by atoms with E-state index in [1.807, 2.05) is 44.2 Å². The van der Waals surface area contributed by atoms with Crippen molar-refractivity contribution in [3.8, 4) is 0 Å². The van der Waals surface area contributed by atoms with Crippen molar-refractivity contribution in [3.05, 3.63) is 97.5 Å². The lowest BCUT2D eigenvalue weighted by molar-refractivity contribution is -0.140. The van der Waals surface area contributed by atoms with Crippen LogP contribution in [0.4, 0.5) is 5.69 Å². The highest BCUT2D eigenvalue weighted by Gasteiger charge is 2.33. The molecule has 0 bridgehead atoms. The third-order valence-electron chi connectivity index (χ3n) is 6.14. The molecule has 3 rings (SSSR count). The Hall–Kier alpha value is -2.34. The van der Waals surface area contributed by atoms with Gasteiger partial charge in [-0.25, -0.2) is 8.42 Å². The maximum atomic E-state index is 14.1. The second kappa shape index (κ2) is 14.5. The number of rotatable bonds is 12. The molecular weight excluding hydrogens is 684 g/mol. The molecule has 40 heavy (non-hydrogen) atoms. The first-order chi connectivity index (χ1) is 18.9. The van der Waals surface area contributed by atoms with Gasteiger partial charge in [-0.1, -0.05) is 73.4 Å². The van der Waals surface area contributed by atoms with Crippen LogP contribution in [-0.2, 0) is 32.6 Å². The summed E-state index contributed by atoms with van der Waals surface area (Å²) in [7, 11) is -3.84. The van der Waals surface area contributed by atoms with Crippen molar-refractivity contribution in [1.82, 2.24) is 10.2 Å². The Balaban J connectivity index is 2.08. The van der Waals surface area contributed by atoms with E-state index in [4.69, 9.17) is 23.2 Å². The molecular formula is C29H32Cl2IN3O4S. The first-order valence-corrected chi connectivity index (χ1v) is 16.3. The molecule has 0 saturated carbocycles. The van der Waals surface area contributed by atoms with E-state index in [1.54, 1.807) is 42.5 Å². The third-order valence-corrected chi connectivity index (χ3v) is 8.71. The molecule has 0 spiro atoms. The van der Waals surface area contributed by atoms with Crippen LogP contribution < -0.4 is 9.62 Å². The Kier molecular flexibility index (Phi) is 11.7. The normalized spacial score (nSPS) is 12.2. The molecule has 0 saturated heterocycles. The predicted octanol–water partition coefficient (Wildman–Crippen LogP) is 5.78. The molecule has 1 atom stereocenters. The van der Waals surface area contributed by atoms with Crippen LogP contribution in [-0.4, -0.2) is 50.5 Å². The Morgan fingerprint density at radius 3 is 2.08 bits per heavy atom. The lowest BCUT2D eigenvalue weighted by Gasteiger charge is -2.34. The fourth-order valence-corrected chi connectivity index (χ4v) is 5.78. The average Bonchev–Trinajstić information content (AvgIpc) is 2.89. The Labute approximate surface area is 260 Å². The Morgan fingerprint density at radius 1 is 0.925 bits per heavy atom. The molecule has 3 aromatic carbocycles. The maximum absolute atomic E-state index is 14.1. The largest absolute Gasteiger partial charge is 0.354 e. The number of halogens is 3. The highest BCUT2D eigenvalue weighted by molar-refractivity contribution is 14.1. The van der Waals surface area contributed by atoms with E-state index in [0.29, 0.717) is 27.8 Å². The molecule has 0 heterocycles. The van der Waals surface area contributed by atoms with E-state index in [9.17, 15) is 18.0 Å². The van der Waals surface area contributed by atoms with E-state index >= 15 is 0 Å². The molecule has 11 heteroatoms. The summed E-state index contributed by atoms with van der Waals surface area (Å²) >= 11 is 15.1. The van der Waals surface area contributed by atoms with Gasteiger partial charge < -0.3 is 10.2 Å². The van der Waals surface area contributed by atoms with Crippen molar-refractivity contribution in [1.29, 1.82) is 0 Å². The molecule has 2 amide bonds. The van der Waals surface area contributed by atoms with Crippen molar-refractivity contribution < 1.29 is 18.0 Å². The van der Waals surface area contributed by atoms with Gasteiger partial charge in [0.05, 0.1) is 11.9 Å². The van der Waals surface area contributed by atoms with Crippen LogP contribution in [0.15, 0.2) is 72.8 Å². The summed E-state index contributed by atoms with van der Waals surface area (Å²) in [6, 6.07) is 20.2. The van der Waals surface area contributed by atoms with Gasteiger partial charge in [0, 0.05) is 38.7 Å². The molecule has 0 aliphatic heterocycles. The molecule has 0 aliphatic rings. The van der Waals surface area contributed by atoms with Crippen LogP contribution in [0.1, 0.15) is 25.0 Å². The van der Waals surface area contributed by atoms with Crippen molar-refractivity contribution in [2.75, 3.05) is 23.7 Å². The summed E-state index contributed by atoms with van der Waals surface area (Å²) in [5, 5.41) is 3.62. The van der Waals surface area contributed by atoms with Crippen LogP contribution in [0.25, 0.3) is 0 Å². The fourth-order valence-electron chi connectivity index (χ4n) is 4.05. The smallest absolute Gasteiger partial charge is 0.244 e. The monoisotopic (exact) mass is 715 g/mol. The van der Waals surface area contributed by atoms with Gasteiger partial charge in [-0.3, -0.25) is 13.9 Å². The number of benzene rings is 3. The summed E-state index contributed by atoms with van der Waals surface area (Å²) in [4.78, 5) is 29.1. The van der Waals surface area contributed by atoms with Gasteiger partial charge >= 0.3 is 0 Å². The summed E-state index contributed by atoms with van der Waals surface area (Å²) in [5.74, 6) is -0.736. The summed E-state index contributed by atoms with van der Waals surface area (Å²) in [6.07, 6.45) is 1.26. The number of anilines is 1. The second-order valence-corrected chi connectivity index (χ2v) is 13.8. The first kappa shape index (κ1) is 32.2. The van der Waals surface area contributed by atoms with E-state index in [-0.39, 0.29) is 24.8 Å². The summed E-state index contributed by atoms with van der Waals surface area (Å²) in [6.45, 7) is 3.77. The van der Waals surface area contributed by atoms with Gasteiger partial charge in [0.15, 0.2) is 0 Å². The fraction of sp³-hybridized carbons (Fsp3) is 0.310. The number of carbonyl (C=O) groups excluding carboxylic acids is 2. The average molecular weight is 716 g/mol. The molecule has 214 valence electrons. The van der Waals surface area contributed by atoms with E-state index in [2.05, 4.69) is 27.9 Å². The number of hydrogen-bond acceptors (Lipinski definition) is 4. The lowest BCUT2D eigenvalue weighted by atomic mass is 10.0. The quantitative estimate of drug-likeness (QED) is 0.241. The van der Waals surface area contributed by atoms with Gasteiger partial charge in [-0.2, -0.15) is 0 Å². The minimum Gasteiger partial charge on any atom is -0.354 e. The van der Waals surface area contributed by atoms with E-state index in [1.165, 1.54) is 4.90 Å². The molecule has 7 nitrogen and oxygen atoms in total. The van der Waals surface area contributed by atoms with Crippen molar-refractivity contribution in [3.63, 3.8) is 0 Å². The predicted molar refractivity (Wildman–Crippen MR) is 170 cm³/mol. The van der Waals surface area contributed by atoms with Crippen molar-refractivity contribution in [2.45, 2.75) is 32.9 Å². The van der Waals surface area contributed by atoms with Crippen LogP contribution in [0.5, 0.6) is 0 Å². The van der Waals surface area contributed by atoms with E-state index in [0.717, 1.165) is 19.7 Å². The Morgan fingerprint density at radius 2 is 1.52 bits per heavy atom. The van der Waals surface area contributed by atoms with Crippen LogP contribution in [0.3, 0.4) is 0 Å². The van der Waals surface area contributed by atoms with Gasteiger partial charge in [-0.05, 0) is 70.5 Å². The number of nitrogens with one attached hydrogen (secondary N) is 1. The number of amides is 2. The van der Waals surface area contributed by atoms with Crippen molar-refractivity contribution >= 4 is 73.3 Å². The van der Waals surface area contributed by atoms with Crippen LogP contribution in [0, 0.1) is 9.49 Å². The molecule has 0 aliphatic carbocycles. The summed E-state index contributed by atoms with van der Waals surface area (Å²) < 4.78 is 27.6. The summed E-state index contributed by atoms with van der Waals surface area (Å²) in [5.41, 5.74) is 1.65. The van der Waals surface area contributed by atoms with Crippen LogP contribution >= 0.6 is 45.8 Å². The number of hydrogen-bond donors (Lipinski definition) is 1. The topological polar surface area (TPSA) is 86.8 Å². The maximum Gasteiger partial charge on any atom is 0.244 e. The number of carbonyl (C=O) groups is 2. The van der Waals surface area contributed by atoms with Gasteiger partial charge in [0.25, 0.3) is 0 Å². The minimum absolute atomic E-state index is 0.0891. The van der Waals surface area contributed by atoms with Crippen molar-refractivity contribution in [2.24, 2.45) is 5.92 Å². The zero-order valence-electron chi connectivity index (χ0n) is 22.5. The molecule has 3 aromatic rings. The number of sulfonamides is 1. The highest BCUT2D eigenvalue weighted by Crippen LogP contribution is 2.28. The molecule has 1 N–H and O–H groups in total. The lowest BCUT2D eigenvalue weighted by Crippen LogP contribution is -2.53. The van der Waals surface area contributed by atoms with E-state index < -0.39 is 28.5 Å². The van der Waals surface area contributed by atoms with Gasteiger partial charge in [-0.15, -0.1) is 0 Å².